The number of benzene rings is 1. The molecule has 1 aromatic carbocycles. The summed E-state index contributed by atoms with van der Waals surface area (Å²) in [6, 6.07) is 4.74. The minimum atomic E-state index is -0.365. The Labute approximate surface area is 107 Å². The molecule has 4 heteroatoms. The number of carbonyl (C=O) groups is 1. The van der Waals surface area contributed by atoms with Crippen LogP contribution in [0.2, 0.25) is 5.02 Å². The highest BCUT2D eigenvalue weighted by molar-refractivity contribution is 6.33. The van der Waals surface area contributed by atoms with E-state index in [0.29, 0.717) is 22.9 Å². The zero-order valence-electron chi connectivity index (χ0n) is 10.4. The highest BCUT2D eigenvalue weighted by atomic mass is 35.5. The van der Waals surface area contributed by atoms with Gasteiger partial charge in [-0.25, -0.2) is 4.79 Å². The second kappa shape index (κ2) is 5.41. The second-order valence-corrected chi connectivity index (χ2v) is 5.59. The molecule has 0 saturated heterocycles. The fraction of sp³-hybridized carbons (Fsp3) is 0.462. The van der Waals surface area contributed by atoms with E-state index < -0.39 is 0 Å². The lowest BCUT2D eigenvalue weighted by molar-refractivity contribution is 0.0465. The Morgan fingerprint density at radius 1 is 1.41 bits per heavy atom. The van der Waals surface area contributed by atoms with Crippen molar-refractivity contribution in [3.05, 3.63) is 28.8 Å². The van der Waals surface area contributed by atoms with Gasteiger partial charge in [0.15, 0.2) is 0 Å². The first kappa shape index (κ1) is 13.8. The highest BCUT2D eigenvalue weighted by Gasteiger charge is 2.13. The molecule has 0 bridgehead atoms. The molecule has 0 aliphatic rings. The summed E-state index contributed by atoms with van der Waals surface area (Å²) in [4.78, 5) is 11.7. The topological polar surface area (TPSA) is 52.3 Å². The van der Waals surface area contributed by atoms with Gasteiger partial charge in [0.05, 0.1) is 22.9 Å². The lowest BCUT2D eigenvalue weighted by Gasteiger charge is -2.17. The summed E-state index contributed by atoms with van der Waals surface area (Å²) in [6.07, 6.45) is 0.821. The third-order valence-electron chi connectivity index (χ3n) is 2.32. The number of anilines is 1. The van der Waals surface area contributed by atoms with E-state index in [1.807, 2.05) is 0 Å². The van der Waals surface area contributed by atoms with Gasteiger partial charge in [-0.1, -0.05) is 32.4 Å². The van der Waals surface area contributed by atoms with Gasteiger partial charge in [-0.05, 0) is 30.0 Å². The second-order valence-electron chi connectivity index (χ2n) is 5.18. The van der Waals surface area contributed by atoms with Crippen molar-refractivity contribution in [2.75, 3.05) is 12.3 Å². The van der Waals surface area contributed by atoms with Crippen LogP contribution in [-0.4, -0.2) is 12.6 Å². The molecule has 94 valence electrons. The molecule has 1 rings (SSSR count). The van der Waals surface area contributed by atoms with Crippen molar-refractivity contribution in [3.63, 3.8) is 0 Å². The Morgan fingerprint density at radius 3 is 2.59 bits per heavy atom. The fourth-order valence-electron chi connectivity index (χ4n) is 1.19. The Balaban J connectivity index is 2.56. The molecule has 17 heavy (non-hydrogen) atoms. The molecule has 0 heterocycles. The predicted molar refractivity (Wildman–Crippen MR) is 70.2 cm³/mol. The third kappa shape index (κ3) is 4.65. The zero-order chi connectivity index (χ0) is 13.1. The molecule has 0 saturated carbocycles. The van der Waals surface area contributed by atoms with Crippen molar-refractivity contribution < 1.29 is 9.53 Å². The molecule has 0 unspecified atom stereocenters. The van der Waals surface area contributed by atoms with Crippen LogP contribution in [0, 0.1) is 5.41 Å². The Morgan fingerprint density at radius 2 is 2.06 bits per heavy atom. The zero-order valence-corrected chi connectivity index (χ0v) is 11.2. The van der Waals surface area contributed by atoms with Crippen molar-refractivity contribution >= 4 is 23.3 Å². The van der Waals surface area contributed by atoms with Gasteiger partial charge in [-0.2, -0.15) is 0 Å². The molecule has 1 aromatic rings. The minimum Gasteiger partial charge on any atom is -0.462 e. The van der Waals surface area contributed by atoms with E-state index in [-0.39, 0.29) is 11.4 Å². The van der Waals surface area contributed by atoms with E-state index in [9.17, 15) is 4.79 Å². The van der Waals surface area contributed by atoms with Gasteiger partial charge in [0.25, 0.3) is 0 Å². The van der Waals surface area contributed by atoms with E-state index in [4.69, 9.17) is 22.1 Å². The maximum absolute atomic E-state index is 11.7. The fourth-order valence-corrected chi connectivity index (χ4v) is 1.37. The molecule has 0 radical (unpaired) electrons. The molecule has 3 nitrogen and oxygen atoms in total. The first-order chi connectivity index (χ1) is 7.79. The van der Waals surface area contributed by atoms with E-state index in [2.05, 4.69) is 20.8 Å². The standard InChI is InChI=1S/C13H18ClNO2/c1-13(2,3)6-7-17-12(16)9-4-5-11(15)10(14)8-9/h4-5,8H,6-7,15H2,1-3H3. The van der Waals surface area contributed by atoms with Crippen LogP contribution >= 0.6 is 11.6 Å². The highest BCUT2D eigenvalue weighted by Crippen LogP contribution is 2.21. The summed E-state index contributed by atoms with van der Waals surface area (Å²) in [5.41, 5.74) is 6.60. The van der Waals surface area contributed by atoms with Crippen LogP contribution < -0.4 is 5.73 Å². The van der Waals surface area contributed by atoms with Crippen molar-refractivity contribution in [1.29, 1.82) is 0 Å². The van der Waals surface area contributed by atoms with Gasteiger partial charge in [0, 0.05) is 0 Å². The molecule has 0 aromatic heterocycles. The molecule has 2 N–H and O–H groups in total. The lowest BCUT2D eigenvalue weighted by Crippen LogP contribution is -2.13. The quantitative estimate of drug-likeness (QED) is 0.664. The molecular formula is C13H18ClNO2. The van der Waals surface area contributed by atoms with Crippen LogP contribution in [0.15, 0.2) is 18.2 Å². The number of halogens is 1. The van der Waals surface area contributed by atoms with Gasteiger partial charge in [0.1, 0.15) is 0 Å². The molecule has 0 atom stereocenters. The van der Waals surface area contributed by atoms with Gasteiger partial charge in [-0.3, -0.25) is 0 Å². The molecule has 0 aliphatic heterocycles. The molecule has 0 fully saturated rings. The predicted octanol–water partition coefficient (Wildman–Crippen LogP) is 3.52. The monoisotopic (exact) mass is 255 g/mol. The van der Waals surface area contributed by atoms with Crippen LogP contribution in [0.25, 0.3) is 0 Å². The Hall–Kier alpha value is -1.22. The van der Waals surface area contributed by atoms with Crippen molar-refractivity contribution in [3.8, 4) is 0 Å². The van der Waals surface area contributed by atoms with E-state index in [1.165, 1.54) is 6.07 Å². The Bertz CT molecular complexity index is 410. The number of ether oxygens (including phenoxy) is 1. The first-order valence-corrected chi connectivity index (χ1v) is 5.89. The van der Waals surface area contributed by atoms with Crippen LogP contribution in [0.3, 0.4) is 0 Å². The van der Waals surface area contributed by atoms with Crippen molar-refractivity contribution in [2.24, 2.45) is 5.41 Å². The van der Waals surface area contributed by atoms with E-state index in [1.54, 1.807) is 12.1 Å². The van der Waals surface area contributed by atoms with E-state index >= 15 is 0 Å². The maximum Gasteiger partial charge on any atom is 0.338 e. The maximum atomic E-state index is 11.7. The summed E-state index contributed by atoms with van der Waals surface area (Å²) in [7, 11) is 0. The van der Waals surface area contributed by atoms with Gasteiger partial charge >= 0.3 is 5.97 Å². The summed E-state index contributed by atoms with van der Waals surface area (Å²) < 4.78 is 5.16. The van der Waals surface area contributed by atoms with Crippen molar-refractivity contribution in [1.82, 2.24) is 0 Å². The van der Waals surface area contributed by atoms with Gasteiger partial charge in [-0.15, -0.1) is 0 Å². The molecule has 0 spiro atoms. The number of nitrogen functional groups attached to an aromatic ring is 1. The first-order valence-electron chi connectivity index (χ1n) is 5.52. The Kier molecular flexibility index (Phi) is 4.40. The number of carbonyl (C=O) groups excluding carboxylic acids is 1. The van der Waals surface area contributed by atoms with Crippen LogP contribution in [0.5, 0.6) is 0 Å². The van der Waals surface area contributed by atoms with E-state index in [0.717, 1.165) is 6.42 Å². The van der Waals surface area contributed by atoms with Gasteiger partial charge in [0.2, 0.25) is 0 Å². The summed E-state index contributed by atoms with van der Waals surface area (Å²) in [5.74, 6) is -0.365. The smallest absolute Gasteiger partial charge is 0.338 e. The summed E-state index contributed by atoms with van der Waals surface area (Å²) in [5, 5.41) is 0.371. The molecule has 0 aliphatic carbocycles. The summed E-state index contributed by atoms with van der Waals surface area (Å²) >= 11 is 5.83. The third-order valence-corrected chi connectivity index (χ3v) is 2.65. The molecule has 0 amide bonds. The normalized spacial score (nSPS) is 11.3. The minimum absolute atomic E-state index is 0.152. The average Bonchev–Trinajstić information content (AvgIpc) is 2.20. The largest absolute Gasteiger partial charge is 0.462 e. The number of hydrogen-bond donors (Lipinski definition) is 1. The number of rotatable bonds is 3. The number of nitrogens with two attached hydrogens (primary N) is 1. The number of hydrogen-bond acceptors (Lipinski definition) is 3. The van der Waals surface area contributed by atoms with Crippen LogP contribution in [0.4, 0.5) is 5.69 Å². The van der Waals surface area contributed by atoms with Crippen molar-refractivity contribution in [2.45, 2.75) is 27.2 Å². The lowest BCUT2D eigenvalue weighted by atomic mass is 9.93. The number of esters is 1. The van der Waals surface area contributed by atoms with Crippen LogP contribution in [0.1, 0.15) is 37.6 Å². The SMILES string of the molecule is CC(C)(C)CCOC(=O)c1ccc(N)c(Cl)c1. The van der Waals surface area contributed by atoms with Gasteiger partial charge < -0.3 is 10.5 Å². The van der Waals surface area contributed by atoms with Crippen LogP contribution in [-0.2, 0) is 4.74 Å². The molecular weight excluding hydrogens is 238 g/mol. The average molecular weight is 256 g/mol. The summed E-state index contributed by atoms with van der Waals surface area (Å²) in [6.45, 7) is 6.70.